The SMILES string of the molecule is COC(=O)c1c(NC(=O)C2CC(=O)N(c3ccc(Cl)cc3)C2)sc(C)c1C. The van der Waals surface area contributed by atoms with E-state index in [9.17, 15) is 14.4 Å². The molecule has 2 heterocycles. The lowest BCUT2D eigenvalue weighted by atomic mass is 10.1. The van der Waals surface area contributed by atoms with Crippen molar-refractivity contribution >= 4 is 51.4 Å². The lowest BCUT2D eigenvalue weighted by molar-refractivity contribution is -0.122. The van der Waals surface area contributed by atoms with Crippen molar-refractivity contribution < 1.29 is 19.1 Å². The molecular weight excluding hydrogens is 388 g/mol. The van der Waals surface area contributed by atoms with Gasteiger partial charge in [-0.25, -0.2) is 4.79 Å². The number of benzene rings is 1. The summed E-state index contributed by atoms with van der Waals surface area (Å²) in [4.78, 5) is 39.6. The van der Waals surface area contributed by atoms with Crippen LogP contribution in [0.1, 0.15) is 27.2 Å². The summed E-state index contributed by atoms with van der Waals surface area (Å²) in [5, 5.41) is 3.85. The number of anilines is 2. The number of aryl methyl sites for hydroxylation is 1. The Morgan fingerprint density at radius 2 is 1.93 bits per heavy atom. The van der Waals surface area contributed by atoms with Crippen molar-refractivity contribution in [1.82, 2.24) is 0 Å². The fraction of sp³-hybridized carbons (Fsp3) is 0.316. The molecule has 1 aromatic heterocycles. The molecule has 3 rings (SSSR count). The Kier molecular flexibility index (Phi) is 5.53. The van der Waals surface area contributed by atoms with Crippen LogP contribution < -0.4 is 10.2 Å². The Bertz CT molecular complexity index is 907. The van der Waals surface area contributed by atoms with Crippen molar-refractivity contribution in [3.05, 3.63) is 45.3 Å². The molecule has 8 heteroatoms. The number of nitrogens with zero attached hydrogens (tertiary/aromatic N) is 1. The van der Waals surface area contributed by atoms with Crippen LogP contribution in [0.2, 0.25) is 5.02 Å². The zero-order chi connectivity index (χ0) is 19.7. The molecule has 1 aliphatic rings. The third-order valence-corrected chi connectivity index (χ3v) is 6.02. The van der Waals surface area contributed by atoms with E-state index in [0.29, 0.717) is 21.3 Å². The summed E-state index contributed by atoms with van der Waals surface area (Å²) < 4.78 is 4.82. The summed E-state index contributed by atoms with van der Waals surface area (Å²) in [6, 6.07) is 6.92. The summed E-state index contributed by atoms with van der Waals surface area (Å²) >= 11 is 7.21. The van der Waals surface area contributed by atoms with E-state index < -0.39 is 11.9 Å². The molecule has 0 spiro atoms. The van der Waals surface area contributed by atoms with Gasteiger partial charge in [0.25, 0.3) is 0 Å². The van der Waals surface area contributed by atoms with Gasteiger partial charge >= 0.3 is 5.97 Å². The molecule has 1 unspecified atom stereocenters. The van der Waals surface area contributed by atoms with Crippen molar-refractivity contribution in [1.29, 1.82) is 0 Å². The second kappa shape index (κ2) is 7.70. The number of carbonyl (C=O) groups is 3. The minimum Gasteiger partial charge on any atom is -0.465 e. The molecule has 1 fully saturated rings. The van der Waals surface area contributed by atoms with Gasteiger partial charge in [-0.2, -0.15) is 0 Å². The first-order chi connectivity index (χ1) is 12.8. The largest absolute Gasteiger partial charge is 0.465 e. The van der Waals surface area contributed by atoms with Crippen molar-refractivity contribution in [3.8, 4) is 0 Å². The molecule has 1 aromatic carbocycles. The normalized spacial score (nSPS) is 16.5. The molecule has 2 aromatic rings. The number of thiophene rings is 1. The van der Waals surface area contributed by atoms with E-state index in [1.807, 2.05) is 13.8 Å². The second-order valence-electron chi connectivity index (χ2n) is 6.35. The molecule has 0 radical (unpaired) electrons. The standard InChI is InChI=1S/C19H19ClN2O4S/c1-10-11(2)27-18(16(10)19(25)26-3)21-17(24)12-8-15(23)22(9-12)14-6-4-13(20)5-7-14/h4-7,12H,8-9H2,1-3H3,(H,21,24). The van der Waals surface area contributed by atoms with E-state index in [-0.39, 0.29) is 24.8 Å². The number of esters is 1. The predicted molar refractivity (Wildman–Crippen MR) is 106 cm³/mol. The molecule has 1 saturated heterocycles. The van der Waals surface area contributed by atoms with Crippen LogP contribution in [0.4, 0.5) is 10.7 Å². The highest BCUT2D eigenvalue weighted by Crippen LogP contribution is 2.34. The highest BCUT2D eigenvalue weighted by Gasteiger charge is 2.36. The molecule has 6 nitrogen and oxygen atoms in total. The number of ether oxygens (including phenoxy) is 1. The van der Waals surface area contributed by atoms with Gasteiger partial charge in [-0.1, -0.05) is 11.6 Å². The lowest BCUT2D eigenvalue weighted by Crippen LogP contribution is -2.28. The molecule has 2 amide bonds. The maximum Gasteiger partial charge on any atom is 0.341 e. The smallest absolute Gasteiger partial charge is 0.341 e. The first-order valence-corrected chi connectivity index (χ1v) is 9.56. The molecule has 1 aliphatic heterocycles. The van der Waals surface area contributed by atoms with E-state index >= 15 is 0 Å². The number of hydrogen-bond acceptors (Lipinski definition) is 5. The van der Waals surface area contributed by atoms with Gasteiger partial charge in [-0.3, -0.25) is 9.59 Å². The van der Waals surface area contributed by atoms with Crippen LogP contribution in [0, 0.1) is 19.8 Å². The van der Waals surface area contributed by atoms with Crippen molar-refractivity contribution in [3.63, 3.8) is 0 Å². The predicted octanol–water partition coefficient (Wildman–Crippen LogP) is 3.80. The summed E-state index contributed by atoms with van der Waals surface area (Å²) in [5.41, 5.74) is 1.86. The minimum absolute atomic E-state index is 0.116. The number of methoxy groups -OCH3 is 1. The van der Waals surface area contributed by atoms with Crippen LogP contribution >= 0.6 is 22.9 Å². The molecule has 0 aliphatic carbocycles. The number of amides is 2. The minimum atomic E-state index is -0.499. The van der Waals surface area contributed by atoms with E-state index in [4.69, 9.17) is 16.3 Å². The van der Waals surface area contributed by atoms with Gasteiger partial charge in [0, 0.05) is 28.6 Å². The van der Waals surface area contributed by atoms with E-state index in [2.05, 4.69) is 5.32 Å². The van der Waals surface area contributed by atoms with Crippen molar-refractivity contribution in [2.45, 2.75) is 20.3 Å². The quantitative estimate of drug-likeness (QED) is 0.783. The molecular formula is C19H19ClN2O4S. The van der Waals surface area contributed by atoms with Crippen LogP contribution in [0.15, 0.2) is 24.3 Å². The molecule has 0 bridgehead atoms. The van der Waals surface area contributed by atoms with Gasteiger partial charge in [0.15, 0.2) is 0 Å². The topological polar surface area (TPSA) is 75.7 Å². The molecule has 1 atom stereocenters. The first-order valence-electron chi connectivity index (χ1n) is 8.37. The van der Waals surface area contributed by atoms with Gasteiger partial charge < -0.3 is 15.0 Å². The zero-order valence-electron chi connectivity index (χ0n) is 15.2. The van der Waals surface area contributed by atoms with Crippen LogP contribution in [-0.4, -0.2) is 31.4 Å². The van der Waals surface area contributed by atoms with E-state index in [1.54, 1.807) is 29.2 Å². The van der Waals surface area contributed by atoms with Crippen LogP contribution in [0.25, 0.3) is 0 Å². The van der Waals surface area contributed by atoms with E-state index in [1.165, 1.54) is 18.4 Å². The average molecular weight is 407 g/mol. The van der Waals surface area contributed by atoms with Gasteiger partial charge in [0.1, 0.15) is 5.00 Å². The Hall–Kier alpha value is -2.38. The monoisotopic (exact) mass is 406 g/mol. The summed E-state index contributed by atoms with van der Waals surface area (Å²) in [6.07, 6.45) is 0.116. The Balaban J connectivity index is 1.76. The summed E-state index contributed by atoms with van der Waals surface area (Å²) in [7, 11) is 1.31. The number of halogens is 1. The number of nitrogens with one attached hydrogen (secondary N) is 1. The maximum absolute atomic E-state index is 12.7. The first kappa shape index (κ1) is 19.4. The van der Waals surface area contributed by atoms with E-state index in [0.717, 1.165) is 10.4 Å². The Labute approximate surface area is 166 Å². The Morgan fingerprint density at radius 3 is 2.56 bits per heavy atom. The highest BCUT2D eigenvalue weighted by molar-refractivity contribution is 7.16. The second-order valence-corrected chi connectivity index (χ2v) is 8.01. The van der Waals surface area contributed by atoms with Gasteiger partial charge in [0.2, 0.25) is 11.8 Å². The zero-order valence-corrected chi connectivity index (χ0v) is 16.7. The van der Waals surface area contributed by atoms with Gasteiger partial charge in [-0.15, -0.1) is 11.3 Å². The molecule has 0 saturated carbocycles. The molecule has 1 N–H and O–H groups in total. The third-order valence-electron chi connectivity index (χ3n) is 4.65. The third kappa shape index (κ3) is 3.84. The van der Waals surface area contributed by atoms with Gasteiger partial charge in [-0.05, 0) is 43.7 Å². The maximum atomic E-state index is 12.7. The van der Waals surface area contributed by atoms with Crippen molar-refractivity contribution in [2.75, 3.05) is 23.9 Å². The number of carbonyl (C=O) groups excluding carboxylic acids is 3. The molecule has 27 heavy (non-hydrogen) atoms. The van der Waals surface area contributed by atoms with Crippen LogP contribution in [-0.2, 0) is 14.3 Å². The summed E-state index contributed by atoms with van der Waals surface area (Å²) in [5.74, 6) is -1.39. The van der Waals surface area contributed by atoms with Crippen LogP contribution in [0.3, 0.4) is 0 Å². The number of rotatable bonds is 4. The Morgan fingerprint density at radius 1 is 1.26 bits per heavy atom. The fourth-order valence-electron chi connectivity index (χ4n) is 3.03. The van der Waals surface area contributed by atoms with Gasteiger partial charge in [0.05, 0.1) is 18.6 Å². The fourth-order valence-corrected chi connectivity index (χ4v) is 4.21. The number of hydrogen-bond donors (Lipinski definition) is 1. The van der Waals surface area contributed by atoms with Crippen LogP contribution in [0.5, 0.6) is 0 Å². The summed E-state index contributed by atoms with van der Waals surface area (Å²) in [6.45, 7) is 3.97. The lowest BCUT2D eigenvalue weighted by Gasteiger charge is -2.16. The van der Waals surface area contributed by atoms with Crippen molar-refractivity contribution in [2.24, 2.45) is 5.92 Å². The molecule has 142 valence electrons. The highest BCUT2D eigenvalue weighted by atomic mass is 35.5. The average Bonchev–Trinajstić information content (AvgIpc) is 3.15.